The number of aromatic hydroxyl groups is 1. The largest absolute Gasteiger partial charge is 0.507 e. The summed E-state index contributed by atoms with van der Waals surface area (Å²) in [7, 11) is 4.72. The highest BCUT2D eigenvalue weighted by molar-refractivity contribution is 6.07. The Morgan fingerprint density at radius 1 is 0.867 bits per heavy atom. The van der Waals surface area contributed by atoms with Crippen LogP contribution < -0.4 is 15.1 Å². The van der Waals surface area contributed by atoms with E-state index < -0.39 is 11.7 Å². The van der Waals surface area contributed by atoms with Gasteiger partial charge in [-0.2, -0.15) is 0 Å². The molecule has 0 amide bonds. The average molecular weight is 406 g/mol. The van der Waals surface area contributed by atoms with E-state index in [4.69, 9.17) is 18.6 Å². The molecule has 154 valence electrons. The zero-order valence-corrected chi connectivity index (χ0v) is 17.2. The number of rotatable bonds is 5. The third kappa shape index (κ3) is 3.15. The van der Waals surface area contributed by atoms with Crippen molar-refractivity contribution in [3.05, 3.63) is 75.6 Å². The molecule has 4 rings (SSSR count). The number of methoxy groups -OCH3 is 3. The molecule has 0 saturated heterocycles. The van der Waals surface area contributed by atoms with E-state index in [1.54, 1.807) is 33.5 Å². The second-order valence-corrected chi connectivity index (χ2v) is 7.02. The highest BCUT2D eigenvalue weighted by Gasteiger charge is 2.21. The predicted molar refractivity (Wildman–Crippen MR) is 115 cm³/mol. The molecule has 0 bridgehead atoms. The first-order chi connectivity index (χ1) is 14.5. The Hall–Kier alpha value is -3.51. The van der Waals surface area contributed by atoms with Crippen LogP contribution in [0.5, 0.6) is 17.2 Å². The Balaban J connectivity index is 1.91. The normalized spacial score (nSPS) is 12.3. The van der Waals surface area contributed by atoms with Gasteiger partial charge in [-0.25, -0.2) is 4.79 Å². The maximum atomic E-state index is 11.9. The van der Waals surface area contributed by atoms with Gasteiger partial charge in [-0.05, 0) is 42.3 Å². The maximum absolute atomic E-state index is 11.9. The van der Waals surface area contributed by atoms with Crippen LogP contribution in [-0.2, 0) is 4.74 Å². The van der Waals surface area contributed by atoms with Gasteiger partial charge in [-0.1, -0.05) is 18.2 Å². The number of ether oxygens (including phenoxy) is 3. The molecule has 0 saturated carbocycles. The van der Waals surface area contributed by atoms with Crippen LogP contribution in [0.25, 0.3) is 21.7 Å². The van der Waals surface area contributed by atoms with Crippen LogP contribution in [0.1, 0.15) is 22.8 Å². The van der Waals surface area contributed by atoms with Gasteiger partial charge in [0, 0.05) is 34.9 Å². The Morgan fingerprint density at radius 2 is 1.57 bits per heavy atom. The molecule has 0 aliphatic heterocycles. The van der Waals surface area contributed by atoms with Crippen molar-refractivity contribution in [2.45, 2.75) is 13.0 Å². The fraction of sp³-hybridized carbons (Fsp3) is 0.208. The summed E-state index contributed by atoms with van der Waals surface area (Å²) in [4.78, 5) is 11.9. The van der Waals surface area contributed by atoms with Crippen molar-refractivity contribution >= 4 is 21.7 Å². The van der Waals surface area contributed by atoms with Crippen LogP contribution in [0.4, 0.5) is 0 Å². The van der Waals surface area contributed by atoms with Gasteiger partial charge in [0.05, 0.1) is 14.2 Å². The summed E-state index contributed by atoms with van der Waals surface area (Å²) in [6.45, 7) is 1.86. The minimum Gasteiger partial charge on any atom is -0.507 e. The summed E-state index contributed by atoms with van der Waals surface area (Å²) in [5.41, 5.74) is 2.25. The lowest BCUT2D eigenvalue weighted by atomic mass is 9.95. The van der Waals surface area contributed by atoms with Gasteiger partial charge < -0.3 is 23.7 Å². The lowest BCUT2D eigenvalue weighted by Gasteiger charge is -2.20. The first-order valence-corrected chi connectivity index (χ1v) is 9.42. The lowest BCUT2D eigenvalue weighted by molar-refractivity contribution is 0.134. The summed E-state index contributed by atoms with van der Waals surface area (Å²) >= 11 is 0. The number of hydrogen-bond acceptors (Lipinski definition) is 6. The molecular formula is C24H22O6. The first-order valence-electron chi connectivity index (χ1n) is 9.42. The number of hydrogen-bond donors (Lipinski definition) is 1. The molecule has 0 unspecified atom stereocenters. The van der Waals surface area contributed by atoms with E-state index >= 15 is 0 Å². The van der Waals surface area contributed by atoms with Gasteiger partial charge in [-0.15, -0.1) is 0 Å². The van der Waals surface area contributed by atoms with Crippen molar-refractivity contribution in [2.24, 2.45) is 0 Å². The maximum Gasteiger partial charge on any atom is 0.336 e. The van der Waals surface area contributed by atoms with Gasteiger partial charge >= 0.3 is 5.63 Å². The van der Waals surface area contributed by atoms with Crippen LogP contribution in [0.2, 0.25) is 0 Å². The van der Waals surface area contributed by atoms with E-state index in [2.05, 4.69) is 0 Å². The Labute approximate surface area is 173 Å². The lowest BCUT2D eigenvalue weighted by Crippen LogP contribution is -2.05. The summed E-state index contributed by atoms with van der Waals surface area (Å²) in [5.74, 6) is 1.25. The van der Waals surface area contributed by atoms with Gasteiger partial charge in [0.1, 0.15) is 17.4 Å². The van der Waals surface area contributed by atoms with Gasteiger partial charge in [0.15, 0.2) is 11.5 Å². The SMILES string of the molecule is COc1ccc([C@H](OC)c2ccc3c(ccc4c(C)cc(=O)oc43)c2O)cc1OC. The fourth-order valence-corrected chi connectivity index (χ4v) is 3.85. The van der Waals surface area contributed by atoms with E-state index in [1.807, 2.05) is 37.3 Å². The van der Waals surface area contributed by atoms with E-state index in [9.17, 15) is 9.90 Å². The number of phenolic OH excluding ortho intramolecular Hbond substituents is 1. The van der Waals surface area contributed by atoms with Crippen molar-refractivity contribution < 1.29 is 23.7 Å². The van der Waals surface area contributed by atoms with Crippen LogP contribution in [0.3, 0.4) is 0 Å². The quantitative estimate of drug-likeness (QED) is 0.382. The van der Waals surface area contributed by atoms with Crippen molar-refractivity contribution in [1.29, 1.82) is 0 Å². The van der Waals surface area contributed by atoms with Crippen molar-refractivity contribution in [3.8, 4) is 17.2 Å². The third-order valence-corrected chi connectivity index (χ3v) is 5.34. The predicted octanol–water partition coefficient (Wildman–Crippen LogP) is 4.71. The van der Waals surface area contributed by atoms with Crippen LogP contribution >= 0.6 is 0 Å². The molecule has 0 radical (unpaired) electrons. The van der Waals surface area contributed by atoms with E-state index in [-0.39, 0.29) is 5.75 Å². The highest BCUT2D eigenvalue weighted by Crippen LogP contribution is 2.41. The number of phenols is 1. The molecule has 0 spiro atoms. The summed E-state index contributed by atoms with van der Waals surface area (Å²) in [5, 5.41) is 13.2. The Kier molecular flexibility index (Phi) is 5.10. The van der Waals surface area contributed by atoms with Crippen molar-refractivity contribution in [2.75, 3.05) is 21.3 Å². The van der Waals surface area contributed by atoms with Gasteiger partial charge in [0.25, 0.3) is 0 Å². The summed E-state index contributed by atoms with van der Waals surface area (Å²) in [6, 6.07) is 14.2. The second kappa shape index (κ2) is 7.72. The molecule has 3 aromatic carbocycles. The number of aryl methyl sites for hydroxylation is 1. The topological polar surface area (TPSA) is 78.1 Å². The molecule has 0 aliphatic carbocycles. The number of benzene rings is 3. The minimum atomic E-state index is -0.533. The third-order valence-electron chi connectivity index (χ3n) is 5.34. The smallest absolute Gasteiger partial charge is 0.336 e. The molecule has 6 nitrogen and oxygen atoms in total. The molecule has 30 heavy (non-hydrogen) atoms. The molecule has 1 heterocycles. The molecular weight excluding hydrogens is 384 g/mol. The van der Waals surface area contributed by atoms with Crippen molar-refractivity contribution in [3.63, 3.8) is 0 Å². The molecule has 1 atom stereocenters. The van der Waals surface area contributed by atoms with Crippen molar-refractivity contribution in [1.82, 2.24) is 0 Å². The van der Waals surface area contributed by atoms with Gasteiger partial charge in [-0.3, -0.25) is 0 Å². The molecule has 1 N–H and O–H groups in total. The zero-order chi connectivity index (χ0) is 21.4. The van der Waals surface area contributed by atoms with E-state index in [0.29, 0.717) is 33.4 Å². The zero-order valence-electron chi connectivity index (χ0n) is 17.2. The number of fused-ring (bicyclic) bond motifs is 3. The summed E-state index contributed by atoms with van der Waals surface area (Å²) in [6.07, 6.45) is -0.533. The molecule has 4 aromatic rings. The molecule has 0 aliphatic rings. The fourth-order valence-electron chi connectivity index (χ4n) is 3.85. The molecule has 1 aromatic heterocycles. The van der Waals surface area contributed by atoms with E-state index in [0.717, 1.165) is 16.5 Å². The van der Waals surface area contributed by atoms with Crippen LogP contribution in [0, 0.1) is 6.92 Å². The van der Waals surface area contributed by atoms with E-state index in [1.165, 1.54) is 6.07 Å². The molecule has 6 heteroatoms. The average Bonchev–Trinajstić information content (AvgIpc) is 2.75. The summed E-state index contributed by atoms with van der Waals surface area (Å²) < 4.78 is 21.9. The molecule has 0 fully saturated rings. The standard InChI is InChI=1S/C24H22O6/c1-13-11-21(25)30-24-15(13)6-7-16-17(24)8-9-18(22(16)26)23(29-4)14-5-10-19(27-2)20(12-14)28-3/h5-12,23,26H,1-4H3/t23-/m0/s1. The monoisotopic (exact) mass is 406 g/mol. The Morgan fingerprint density at radius 3 is 2.27 bits per heavy atom. The minimum absolute atomic E-state index is 0.0696. The van der Waals surface area contributed by atoms with Crippen LogP contribution in [-0.4, -0.2) is 26.4 Å². The Bertz CT molecular complexity index is 1300. The second-order valence-electron chi connectivity index (χ2n) is 7.02. The highest BCUT2D eigenvalue weighted by atomic mass is 16.5. The van der Waals surface area contributed by atoms with Gasteiger partial charge in [0.2, 0.25) is 0 Å². The first kappa shape index (κ1) is 19.8. The van der Waals surface area contributed by atoms with Crippen LogP contribution in [0.15, 0.2) is 57.7 Å².